The van der Waals surface area contributed by atoms with Gasteiger partial charge >= 0.3 is 14.1 Å². The summed E-state index contributed by atoms with van der Waals surface area (Å²) in [6.45, 7) is 7.01. The largest absolute Gasteiger partial charge is 0.664 e. The third-order valence-corrected chi connectivity index (χ3v) is 3.16. The third kappa shape index (κ3) is 5.81. The van der Waals surface area contributed by atoms with Crippen LogP contribution in [-0.4, -0.2) is 18.1 Å². The van der Waals surface area contributed by atoms with Crippen molar-refractivity contribution < 1.29 is 18.6 Å². The number of ether oxygens (including phenoxy) is 1. The number of benzene rings is 1. The van der Waals surface area contributed by atoms with Crippen molar-refractivity contribution in [1.29, 1.82) is 0 Å². The van der Waals surface area contributed by atoms with Crippen LogP contribution < -0.4 is 9.61 Å². The van der Waals surface area contributed by atoms with Gasteiger partial charge in [0.15, 0.2) is 5.75 Å². The molecule has 0 radical (unpaired) electrons. The molecule has 1 N–H and O–H groups in total. The summed E-state index contributed by atoms with van der Waals surface area (Å²) in [7, 11) is -2.17. The van der Waals surface area contributed by atoms with E-state index in [-0.39, 0.29) is 6.10 Å². The zero-order valence-electron chi connectivity index (χ0n) is 11.5. The van der Waals surface area contributed by atoms with Crippen molar-refractivity contribution in [1.82, 2.24) is 5.09 Å². The topological polar surface area (TPSA) is 64.6 Å². The summed E-state index contributed by atoms with van der Waals surface area (Å²) in [5.74, 6) is 0.0456. The normalized spacial score (nSPS) is 13.0. The molecule has 0 saturated carbocycles. The highest BCUT2D eigenvalue weighted by molar-refractivity contribution is 7.37. The summed E-state index contributed by atoms with van der Waals surface area (Å²) < 4.78 is 21.9. The lowest BCUT2D eigenvalue weighted by Crippen LogP contribution is -2.33. The molecule has 0 bridgehead atoms. The van der Waals surface area contributed by atoms with Gasteiger partial charge in [-0.1, -0.05) is 17.2 Å². The van der Waals surface area contributed by atoms with Gasteiger partial charge in [-0.3, -0.25) is 4.79 Å². The molecule has 0 heterocycles. The maximum Gasteiger partial charge on any atom is 0.664 e. The van der Waals surface area contributed by atoms with Gasteiger partial charge in [0.25, 0.3) is 0 Å². The van der Waals surface area contributed by atoms with Gasteiger partial charge in [0.1, 0.15) is 6.04 Å². The Kier molecular flexibility index (Phi) is 5.93. The van der Waals surface area contributed by atoms with Crippen molar-refractivity contribution in [3.63, 3.8) is 0 Å². The molecule has 0 spiro atoms. The molecule has 1 unspecified atom stereocenters. The van der Waals surface area contributed by atoms with E-state index in [4.69, 9.17) is 9.26 Å². The highest BCUT2D eigenvalue weighted by Crippen LogP contribution is 2.24. The van der Waals surface area contributed by atoms with Crippen molar-refractivity contribution in [3.05, 3.63) is 29.8 Å². The molecular weight excluding hydrogens is 265 g/mol. The number of carbonyl (C=O) groups excluding carboxylic acids is 1. The van der Waals surface area contributed by atoms with Crippen molar-refractivity contribution in [2.45, 2.75) is 39.8 Å². The lowest BCUT2D eigenvalue weighted by Gasteiger charge is -2.10. The van der Waals surface area contributed by atoms with Crippen LogP contribution in [0, 0.1) is 6.92 Å². The second-order valence-electron chi connectivity index (χ2n) is 4.50. The van der Waals surface area contributed by atoms with E-state index in [0.29, 0.717) is 5.75 Å². The SMILES string of the molecule is Cc1cccc(O[P+](=O)N[C@@H](C)C(=O)OC(C)C)c1. The standard InChI is InChI=1S/C13H19NO4P/c1-9(2)17-13(15)11(4)14-19(16)18-12-7-5-6-10(3)8-12/h5-9,11H,1-4H3,(H,14,16)/q+1/t11-/m0/s1. The monoisotopic (exact) mass is 284 g/mol. The maximum atomic E-state index is 11.7. The molecule has 0 saturated heterocycles. The van der Waals surface area contributed by atoms with E-state index in [1.807, 2.05) is 19.1 Å². The Balaban J connectivity index is 2.49. The first kappa shape index (κ1) is 15.6. The highest BCUT2D eigenvalue weighted by Gasteiger charge is 2.28. The first-order valence-electron chi connectivity index (χ1n) is 6.07. The first-order valence-corrected chi connectivity index (χ1v) is 7.25. The molecule has 2 atom stereocenters. The van der Waals surface area contributed by atoms with E-state index in [2.05, 4.69) is 5.09 Å². The first-order chi connectivity index (χ1) is 8.88. The Morgan fingerprint density at radius 2 is 2.00 bits per heavy atom. The molecule has 0 aliphatic heterocycles. The minimum absolute atomic E-state index is 0.202. The summed E-state index contributed by atoms with van der Waals surface area (Å²) in [5, 5.41) is 2.57. The summed E-state index contributed by atoms with van der Waals surface area (Å²) in [6, 6.07) is 6.52. The van der Waals surface area contributed by atoms with Gasteiger partial charge in [0, 0.05) is 4.57 Å². The zero-order valence-corrected chi connectivity index (χ0v) is 12.4. The average Bonchev–Trinajstić information content (AvgIpc) is 2.27. The lowest BCUT2D eigenvalue weighted by molar-refractivity contribution is -0.148. The molecule has 0 aromatic heterocycles. The van der Waals surface area contributed by atoms with Crippen molar-refractivity contribution in [2.75, 3.05) is 0 Å². The van der Waals surface area contributed by atoms with Crippen molar-refractivity contribution in [3.8, 4) is 5.75 Å². The summed E-state index contributed by atoms with van der Waals surface area (Å²) in [4.78, 5) is 11.5. The Hall–Kier alpha value is -1.45. The Labute approximate surface area is 114 Å². The fraction of sp³-hybridized carbons (Fsp3) is 0.462. The van der Waals surface area contributed by atoms with Gasteiger partial charge in [-0.25, -0.2) is 4.52 Å². The van der Waals surface area contributed by atoms with Crippen LogP contribution in [-0.2, 0) is 14.1 Å². The Bertz CT molecular complexity index is 462. The molecule has 0 fully saturated rings. The molecular formula is C13H19NO4P+. The van der Waals surface area contributed by atoms with Crippen LogP contribution in [0.4, 0.5) is 0 Å². The molecule has 1 rings (SSSR count). The van der Waals surface area contributed by atoms with Crippen LogP contribution in [0.25, 0.3) is 0 Å². The van der Waals surface area contributed by atoms with E-state index in [9.17, 15) is 9.36 Å². The van der Waals surface area contributed by atoms with Crippen LogP contribution in [0.2, 0.25) is 0 Å². The minimum Gasteiger partial charge on any atom is -0.462 e. The van der Waals surface area contributed by atoms with Gasteiger partial charge in [-0.2, -0.15) is 0 Å². The van der Waals surface area contributed by atoms with Gasteiger partial charge in [-0.15, -0.1) is 0 Å². The number of aryl methyl sites for hydroxylation is 1. The van der Waals surface area contributed by atoms with E-state index >= 15 is 0 Å². The van der Waals surface area contributed by atoms with Crippen LogP contribution >= 0.6 is 8.18 Å². The molecule has 19 heavy (non-hydrogen) atoms. The predicted octanol–water partition coefficient (Wildman–Crippen LogP) is 2.96. The highest BCUT2D eigenvalue weighted by atomic mass is 31.1. The van der Waals surface area contributed by atoms with Crippen LogP contribution in [0.15, 0.2) is 24.3 Å². The second-order valence-corrected chi connectivity index (χ2v) is 5.46. The number of esters is 1. The average molecular weight is 284 g/mol. The molecule has 104 valence electrons. The van der Waals surface area contributed by atoms with Crippen LogP contribution in [0.1, 0.15) is 26.3 Å². The van der Waals surface area contributed by atoms with E-state index in [0.717, 1.165) is 5.56 Å². The summed E-state index contributed by atoms with van der Waals surface area (Å²) in [6.07, 6.45) is -0.202. The van der Waals surface area contributed by atoms with Crippen molar-refractivity contribution >= 4 is 14.1 Å². The molecule has 1 aromatic carbocycles. The summed E-state index contributed by atoms with van der Waals surface area (Å²) in [5.41, 5.74) is 1.01. The Morgan fingerprint density at radius 1 is 1.32 bits per heavy atom. The predicted molar refractivity (Wildman–Crippen MR) is 73.2 cm³/mol. The van der Waals surface area contributed by atoms with Gasteiger partial charge < -0.3 is 4.74 Å². The van der Waals surface area contributed by atoms with Crippen molar-refractivity contribution in [2.24, 2.45) is 0 Å². The number of rotatable bonds is 6. The molecule has 6 heteroatoms. The maximum absolute atomic E-state index is 11.7. The fourth-order valence-electron chi connectivity index (χ4n) is 1.34. The minimum atomic E-state index is -2.17. The summed E-state index contributed by atoms with van der Waals surface area (Å²) >= 11 is 0. The number of hydrogen-bond acceptors (Lipinski definition) is 4. The lowest BCUT2D eigenvalue weighted by atomic mass is 10.2. The second kappa shape index (κ2) is 7.22. The zero-order chi connectivity index (χ0) is 14.4. The molecule has 5 nitrogen and oxygen atoms in total. The molecule has 0 aliphatic rings. The van der Waals surface area contributed by atoms with Crippen LogP contribution in [0.5, 0.6) is 5.75 Å². The molecule has 0 amide bonds. The van der Waals surface area contributed by atoms with E-state index < -0.39 is 20.2 Å². The number of carbonyl (C=O) groups is 1. The molecule has 1 aromatic rings. The fourth-order valence-corrected chi connectivity index (χ4v) is 2.12. The third-order valence-electron chi connectivity index (χ3n) is 2.18. The van der Waals surface area contributed by atoms with E-state index in [1.54, 1.807) is 32.9 Å². The number of hydrogen-bond donors (Lipinski definition) is 1. The smallest absolute Gasteiger partial charge is 0.462 e. The Morgan fingerprint density at radius 3 is 2.58 bits per heavy atom. The van der Waals surface area contributed by atoms with Crippen LogP contribution in [0.3, 0.4) is 0 Å². The van der Waals surface area contributed by atoms with Gasteiger partial charge in [0.05, 0.1) is 6.10 Å². The van der Waals surface area contributed by atoms with Gasteiger partial charge in [-0.05, 0) is 45.4 Å². The number of nitrogens with one attached hydrogen (secondary N) is 1. The quantitative estimate of drug-likeness (QED) is 0.642. The van der Waals surface area contributed by atoms with Gasteiger partial charge in [0.2, 0.25) is 0 Å². The van der Waals surface area contributed by atoms with E-state index in [1.165, 1.54) is 0 Å². The molecule has 0 aliphatic carbocycles.